The summed E-state index contributed by atoms with van der Waals surface area (Å²) < 4.78 is 27.6. The van der Waals surface area contributed by atoms with Gasteiger partial charge in [0.25, 0.3) is 21.6 Å². The van der Waals surface area contributed by atoms with Crippen molar-refractivity contribution >= 4 is 27.3 Å². The zero-order chi connectivity index (χ0) is 23.3. The van der Waals surface area contributed by atoms with E-state index in [1.807, 2.05) is 14.1 Å². The van der Waals surface area contributed by atoms with E-state index in [4.69, 9.17) is 0 Å². The Morgan fingerprint density at radius 1 is 1.13 bits per heavy atom. The molecule has 0 aromatic heterocycles. The Morgan fingerprint density at radius 3 is 2.26 bits per heavy atom. The lowest BCUT2D eigenvalue weighted by Crippen LogP contribution is -2.43. The molecule has 31 heavy (non-hydrogen) atoms. The van der Waals surface area contributed by atoms with Gasteiger partial charge in [-0.3, -0.25) is 19.6 Å². The third-order valence-corrected chi connectivity index (χ3v) is 6.37. The van der Waals surface area contributed by atoms with E-state index in [9.17, 15) is 23.3 Å². The van der Waals surface area contributed by atoms with Crippen molar-refractivity contribution < 1.29 is 18.1 Å². The van der Waals surface area contributed by atoms with Crippen LogP contribution in [0.2, 0.25) is 0 Å². The average molecular weight is 449 g/mol. The fraction of sp³-hybridized carbons (Fsp3) is 0.381. The summed E-state index contributed by atoms with van der Waals surface area (Å²) in [6, 6.07) is 9.89. The highest BCUT2D eigenvalue weighted by atomic mass is 32.2. The summed E-state index contributed by atoms with van der Waals surface area (Å²) in [6.45, 7) is 6.19. The molecule has 1 unspecified atom stereocenters. The molecular formula is C21H28N4O5S. The number of sulfonamides is 1. The molecule has 0 aliphatic heterocycles. The van der Waals surface area contributed by atoms with Crippen LogP contribution in [0.1, 0.15) is 29.8 Å². The number of amides is 1. The highest BCUT2D eigenvalue weighted by Crippen LogP contribution is 2.24. The molecular weight excluding hydrogens is 420 g/mol. The molecule has 2 aromatic rings. The first-order valence-electron chi connectivity index (χ1n) is 9.75. The molecule has 0 fully saturated rings. The van der Waals surface area contributed by atoms with Crippen LogP contribution in [0, 0.1) is 23.0 Å². The van der Waals surface area contributed by atoms with E-state index in [1.54, 1.807) is 0 Å². The zero-order valence-corrected chi connectivity index (χ0v) is 19.1. The van der Waals surface area contributed by atoms with Gasteiger partial charge in [-0.1, -0.05) is 19.9 Å². The van der Waals surface area contributed by atoms with Crippen molar-refractivity contribution in [1.29, 1.82) is 0 Å². The van der Waals surface area contributed by atoms with Crippen LogP contribution in [0.15, 0.2) is 47.4 Å². The first kappa shape index (κ1) is 24.3. The Hall–Kier alpha value is -2.98. The largest absolute Gasteiger partial charge is 0.350 e. The fourth-order valence-electron chi connectivity index (χ4n) is 3.17. The summed E-state index contributed by atoms with van der Waals surface area (Å²) in [7, 11) is -0.103. The standard InChI is InChI=1S/C21H28N4O5S/c1-14(2)20(24(4)5)13-22-21(26)16-7-9-17(10-8-16)23-31(29,30)18-11-6-15(3)19(12-18)25(27)28/h6-12,14,20,23H,13H2,1-5H3,(H,22,26). The van der Waals surface area contributed by atoms with E-state index in [2.05, 4.69) is 28.8 Å². The molecule has 0 spiro atoms. The lowest BCUT2D eigenvalue weighted by Gasteiger charge is -2.28. The number of rotatable bonds is 9. The first-order chi connectivity index (χ1) is 14.4. The lowest BCUT2D eigenvalue weighted by atomic mass is 10.0. The fourth-order valence-corrected chi connectivity index (χ4v) is 4.25. The van der Waals surface area contributed by atoms with Crippen LogP contribution in [0.5, 0.6) is 0 Å². The van der Waals surface area contributed by atoms with E-state index in [-0.39, 0.29) is 28.2 Å². The van der Waals surface area contributed by atoms with Crippen molar-refractivity contribution in [2.75, 3.05) is 25.4 Å². The zero-order valence-electron chi connectivity index (χ0n) is 18.2. The predicted molar refractivity (Wildman–Crippen MR) is 120 cm³/mol. The second kappa shape index (κ2) is 9.88. The van der Waals surface area contributed by atoms with Crippen LogP contribution in [-0.2, 0) is 10.0 Å². The van der Waals surface area contributed by atoms with Gasteiger partial charge in [0.1, 0.15) is 0 Å². The number of likely N-dealkylation sites (N-methyl/N-ethyl adjacent to an activating group) is 1. The topological polar surface area (TPSA) is 122 Å². The van der Waals surface area contributed by atoms with Gasteiger partial charge in [-0.2, -0.15) is 0 Å². The van der Waals surface area contributed by atoms with Gasteiger partial charge in [0.05, 0.1) is 9.82 Å². The second-order valence-corrected chi connectivity index (χ2v) is 9.56. The van der Waals surface area contributed by atoms with E-state index in [1.165, 1.54) is 43.3 Å². The molecule has 0 saturated heterocycles. The maximum absolute atomic E-state index is 12.6. The summed E-state index contributed by atoms with van der Waals surface area (Å²) in [5, 5.41) is 14.0. The highest BCUT2D eigenvalue weighted by molar-refractivity contribution is 7.92. The SMILES string of the molecule is Cc1ccc(S(=O)(=O)Nc2ccc(C(=O)NCC(C(C)C)N(C)C)cc2)cc1[N+](=O)[O-]. The molecule has 0 aliphatic carbocycles. The second-order valence-electron chi connectivity index (χ2n) is 7.87. The number of nitrogens with zero attached hydrogens (tertiary/aromatic N) is 2. The minimum absolute atomic E-state index is 0.189. The summed E-state index contributed by atoms with van der Waals surface area (Å²) in [5.41, 5.74) is 0.740. The number of aryl methyl sites for hydroxylation is 1. The Labute approximate surface area is 182 Å². The third-order valence-electron chi connectivity index (χ3n) is 4.99. The van der Waals surface area contributed by atoms with E-state index < -0.39 is 14.9 Å². The van der Waals surface area contributed by atoms with Crippen LogP contribution in [0.25, 0.3) is 0 Å². The van der Waals surface area contributed by atoms with Crippen molar-refractivity contribution in [2.45, 2.75) is 31.7 Å². The summed E-state index contributed by atoms with van der Waals surface area (Å²) in [5.74, 6) is 0.112. The normalized spacial score (nSPS) is 12.6. The molecule has 1 amide bonds. The molecule has 0 aliphatic rings. The molecule has 0 radical (unpaired) electrons. The molecule has 9 nitrogen and oxygen atoms in total. The number of carbonyl (C=O) groups excluding carboxylic acids is 1. The first-order valence-corrected chi connectivity index (χ1v) is 11.2. The molecule has 0 heterocycles. The van der Waals surface area contributed by atoms with Crippen molar-refractivity contribution in [3.63, 3.8) is 0 Å². The Bertz CT molecular complexity index is 1040. The smallest absolute Gasteiger partial charge is 0.273 e. The summed E-state index contributed by atoms with van der Waals surface area (Å²) in [4.78, 5) is 24.7. The number of nitro benzene ring substituents is 1. The molecule has 168 valence electrons. The lowest BCUT2D eigenvalue weighted by molar-refractivity contribution is -0.385. The number of nitro groups is 1. The molecule has 0 bridgehead atoms. The van der Waals surface area contributed by atoms with Gasteiger partial charge in [0, 0.05) is 35.5 Å². The number of anilines is 1. The molecule has 2 rings (SSSR count). The van der Waals surface area contributed by atoms with Gasteiger partial charge in [-0.15, -0.1) is 0 Å². The van der Waals surface area contributed by atoms with Gasteiger partial charge < -0.3 is 10.2 Å². The van der Waals surface area contributed by atoms with E-state index in [0.29, 0.717) is 23.6 Å². The van der Waals surface area contributed by atoms with Crippen molar-refractivity contribution in [1.82, 2.24) is 10.2 Å². The van der Waals surface area contributed by atoms with E-state index in [0.717, 1.165) is 6.07 Å². The molecule has 2 N–H and O–H groups in total. The van der Waals surface area contributed by atoms with Gasteiger partial charge in [0.15, 0.2) is 0 Å². The van der Waals surface area contributed by atoms with Crippen LogP contribution in [-0.4, -0.2) is 50.8 Å². The van der Waals surface area contributed by atoms with Gasteiger partial charge in [-0.05, 0) is 57.3 Å². The minimum Gasteiger partial charge on any atom is -0.350 e. The van der Waals surface area contributed by atoms with E-state index >= 15 is 0 Å². The molecule has 10 heteroatoms. The monoisotopic (exact) mass is 448 g/mol. The molecule has 2 aromatic carbocycles. The number of benzene rings is 2. The van der Waals surface area contributed by atoms with Crippen molar-refractivity contribution in [2.24, 2.45) is 5.92 Å². The number of carbonyl (C=O) groups is 1. The maximum atomic E-state index is 12.6. The Morgan fingerprint density at radius 2 is 1.74 bits per heavy atom. The Balaban J connectivity index is 2.10. The molecule has 0 saturated carbocycles. The average Bonchev–Trinajstić information content (AvgIpc) is 2.67. The van der Waals surface area contributed by atoms with Crippen LogP contribution in [0.3, 0.4) is 0 Å². The van der Waals surface area contributed by atoms with Crippen LogP contribution >= 0.6 is 0 Å². The van der Waals surface area contributed by atoms with Crippen LogP contribution in [0.4, 0.5) is 11.4 Å². The number of hydrogen-bond acceptors (Lipinski definition) is 6. The van der Waals surface area contributed by atoms with Crippen molar-refractivity contribution in [3.05, 3.63) is 63.7 Å². The quantitative estimate of drug-likeness (QED) is 0.449. The maximum Gasteiger partial charge on any atom is 0.273 e. The predicted octanol–water partition coefficient (Wildman–Crippen LogP) is 3.02. The summed E-state index contributed by atoms with van der Waals surface area (Å²) >= 11 is 0. The molecule has 1 atom stereocenters. The van der Waals surface area contributed by atoms with Crippen molar-refractivity contribution in [3.8, 4) is 0 Å². The van der Waals surface area contributed by atoms with Crippen LogP contribution < -0.4 is 10.0 Å². The Kier molecular flexibility index (Phi) is 7.75. The third kappa shape index (κ3) is 6.25. The highest BCUT2D eigenvalue weighted by Gasteiger charge is 2.20. The van der Waals surface area contributed by atoms with Gasteiger partial charge in [0.2, 0.25) is 0 Å². The minimum atomic E-state index is -4.02. The number of nitrogens with one attached hydrogen (secondary N) is 2. The summed E-state index contributed by atoms with van der Waals surface area (Å²) in [6.07, 6.45) is 0. The van der Waals surface area contributed by atoms with Gasteiger partial charge >= 0.3 is 0 Å². The van der Waals surface area contributed by atoms with Gasteiger partial charge in [-0.25, -0.2) is 8.42 Å². The number of hydrogen-bond donors (Lipinski definition) is 2.